The molecule has 106 valence electrons. The predicted molar refractivity (Wildman–Crippen MR) is 85.8 cm³/mol. The quantitative estimate of drug-likeness (QED) is 0.920. The summed E-state index contributed by atoms with van der Waals surface area (Å²) in [4.78, 5) is 13.5. The van der Waals surface area contributed by atoms with Crippen LogP contribution in [0.1, 0.15) is 33.4 Å². The molecule has 0 aliphatic rings. The lowest BCUT2D eigenvalue weighted by Gasteiger charge is -2.22. The van der Waals surface area contributed by atoms with Crippen LogP contribution in [0.4, 0.5) is 5.82 Å². The zero-order valence-corrected chi connectivity index (χ0v) is 13.8. The number of pyridine rings is 1. The first-order chi connectivity index (χ1) is 9.43. The molecule has 0 aromatic carbocycles. The van der Waals surface area contributed by atoms with E-state index in [-0.39, 0.29) is 5.41 Å². The number of nitrogens with one attached hydrogen (secondary N) is 1. The number of aromatic nitrogens is 3. The summed E-state index contributed by atoms with van der Waals surface area (Å²) < 4.78 is 0.930. The van der Waals surface area contributed by atoms with Crippen molar-refractivity contribution >= 4 is 21.7 Å². The van der Waals surface area contributed by atoms with Gasteiger partial charge in [0.2, 0.25) is 0 Å². The molecule has 2 aromatic rings. The van der Waals surface area contributed by atoms with Gasteiger partial charge in [0.25, 0.3) is 0 Å². The molecule has 0 radical (unpaired) electrons. The minimum atomic E-state index is -0.0666. The molecule has 0 aliphatic heterocycles. The Labute approximate surface area is 128 Å². The largest absolute Gasteiger partial charge is 0.369 e. The van der Waals surface area contributed by atoms with Crippen LogP contribution >= 0.6 is 15.9 Å². The summed E-state index contributed by atoms with van der Waals surface area (Å²) in [6.07, 6.45) is 3.53. The standard InChI is InChI=1S/C15H19BrN4/c1-5-18-14-11(16)12(15(2,3)4)19-13(20-14)10-7-6-8-17-9-10/h6-9H,5H2,1-4H3,(H,18,19,20). The molecule has 0 saturated heterocycles. The first-order valence-corrected chi connectivity index (χ1v) is 7.45. The Kier molecular flexibility index (Phi) is 4.38. The van der Waals surface area contributed by atoms with Gasteiger partial charge in [-0.05, 0) is 35.0 Å². The summed E-state index contributed by atoms with van der Waals surface area (Å²) in [6.45, 7) is 9.29. The van der Waals surface area contributed by atoms with Crippen molar-refractivity contribution in [2.24, 2.45) is 0 Å². The number of rotatable bonds is 3. The van der Waals surface area contributed by atoms with Gasteiger partial charge in [-0.1, -0.05) is 20.8 Å². The molecule has 2 aromatic heterocycles. The highest BCUT2D eigenvalue weighted by Crippen LogP contribution is 2.34. The van der Waals surface area contributed by atoms with Gasteiger partial charge in [0.05, 0.1) is 10.2 Å². The summed E-state index contributed by atoms with van der Waals surface area (Å²) in [5.74, 6) is 1.52. The van der Waals surface area contributed by atoms with Crippen LogP contribution in [0.15, 0.2) is 29.0 Å². The van der Waals surface area contributed by atoms with Gasteiger partial charge in [-0.25, -0.2) is 9.97 Å². The van der Waals surface area contributed by atoms with Crippen molar-refractivity contribution in [1.29, 1.82) is 0 Å². The van der Waals surface area contributed by atoms with E-state index in [9.17, 15) is 0 Å². The predicted octanol–water partition coefficient (Wildman–Crippen LogP) is 4.03. The maximum Gasteiger partial charge on any atom is 0.163 e. The van der Waals surface area contributed by atoms with Gasteiger partial charge in [-0.3, -0.25) is 4.98 Å². The van der Waals surface area contributed by atoms with E-state index in [0.29, 0.717) is 5.82 Å². The SMILES string of the molecule is CCNc1nc(-c2cccnc2)nc(C(C)(C)C)c1Br. The van der Waals surface area contributed by atoms with Crippen molar-refractivity contribution in [1.82, 2.24) is 15.0 Å². The fraction of sp³-hybridized carbons (Fsp3) is 0.400. The van der Waals surface area contributed by atoms with Crippen LogP contribution in [-0.2, 0) is 5.41 Å². The van der Waals surface area contributed by atoms with E-state index in [0.717, 1.165) is 28.1 Å². The molecule has 0 aliphatic carbocycles. The van der Waals surface area contributed by atoms with Crippen LogP contribution in [0.5, 0.6) is 0 Å². The average Bonchev–Trinajstić information content (AvgIpc) is 2.41. The topological polar surface area (TPSA) is 50.7 Å². The normalized spacial score (nSPS) is 11.4. The second kappa shape index (κ2) is 5.87. The number of hydrogen-bond donors (Lipinski definition) is 1. The Hall–Kier alpha value is -1.49. The monoisotopic (exact) mass is 334 g/mol. The Morgan fingerprint density at radius 1 is 1.25 bits per heavy atom. The lowest BCUT2D eigenvalue weighted by Crippen LogP contribution is -2.17. The molecule has 0 amide bonds. The highest BCUT2D eigenvalue weighted by Gasteiger charge is 2.23. The van der Waals surface area contributed by atoms with E-state index in [4.69, 9.17) is 4.98 Å². The van der Waals surface area contributed by atoms with Crippen molar-refractivity contribution in [2.45, 2.75) is 33.1 Å². The molecular formula is C15H19BrN4. The van der Waals surface area contributed by atoms with Crippen LogP contribution in [0.2, 0.25) is 0 Å². The van der Waals surface area contributed by atoms with Crippen molar-refractivity contribution in [3.8, 4) is 11.4 Å². The third kappa shape index (κ3) is 3.15. The molecular weight excluding hydrogens is 316 g/mol. The van der Waals surface area contributed by atoms with E-state index in [1.807, 2.05) is 12.1 Å². The Bertz CT molecular complexity index is 591. The first-order valence-electron chi connectivity index (χ1n) is 6.65. The Morgan fingerprint density at radius 2 is 2.00 bits per heavy atom. The van der Waals surface area contributed by atoms with Crippen LogP contribution in [0.3, 0.4) is 0 Å². The third-order valence-electron chi connectivity index (χ3n) is 2.83. The van der Waals surface area contributed by atoms with Crippen molar-refractivity contribution in [2.75, 3.05) is 11.9 Å². The molecule has 0 fully saturated rings. The van der Waals surface area contributed by atoms with Gasteiger partial charge in [0.1, 0.15) is 5.82 Å². The summed E-state index contributed by atoms with van der Waals surface area (Å²) in [5, 5.41) is 3.28. The summed E-state index contributed by atoms with van der Waals surface area (Å²) in [6, 6.07) is 3.86. The second-order valence-electron chi connectivity index (χ2n) is 5.58. The highest BCUT2D eigenvalue weighted by atomic mass is 79.9. The summed E-state index contributed by atoms with van der Waals surface area (Å²) in [5.41, 5.74) is 1.84. The van der Waals surface area contributed by atoms with Crippen LogP contribution < -0.4 is 5.32 Å². The molecule has 0 bridgehead atoms. The lowest BCUT2D eigenvalue weighted by atomic mass is 9.91. The number of hydrogen-bond acceptors (Lipinski definition) is 4. The third-order valence-corrected chi connectivity index (χ3v) is 3.58. The highest BCUT2D eigenvalue weighted by molar-refractivity contribution is 9.10. The lowest BCUT2D eigenvalue weighted by molar-refractivity contribution is 0.564. The molecule has 20 heavy (non-hydrogen) atoms. The minimum absolute atomic E-state index is 0.0666. The molecule has 1 N–H and O–H groups in total. The molecule has 0 saturated carbocycles. The van der Waals surface area contributed by atoms with Gasteiger partial charge in [-0.15, -0.1) is 0 Å². The van der Waals surface area contributed by atoms with Gasteiger partial charge in [-0.2, -0.15) is 0 Å². The van der Waals surface area contributed by atoms with E-state index >= 15 is 0 Å². The van der Waals surface area contributed by atoms with E-state index in [2.05, 4.69) is 58.9 Å². The van der Waals surface area contributed by atoms with Gasteiger partial charge in [0.15, 0.2) is 5.82 Å². The Balaban J connectivity index is 2.62. The number of anilines is 1. The molecule has 5 heteroatoms. The maximum absolute atomic E-state index is 4.72. The van der Waals surface area contributed by atoms with Crippen LogP contribution in [0.25, 0.3) is 11.4 Å². The first kappa shape index (κ1) is 14.9. The smallest absolute Gasteiger partial charge is 0.163 e. The van der Waals surface area contributed by atoms with Gasteiger partial charge < -0.3 is 5.32 Å². The van der Waals surface area contributed by atoms with Gasteiger partial charge >= 0.3 is 0 Å². The zero-order chi connectivity index (χ0) is 14.8. The fourth-order valence-electron chi connectivity index (χ4n) is 1.85. The zero-order valence-electron chi connectivity index (χ0n) is 12.2. The molecule has 0 unspecified atom stereocenters. The average molecular weight is 335 g/mol. The molecule has 2 heterocycles. The van der Waals surface area contributed by atoms with Crippen LogP contribution in [-0.4, -0.2) is 21.5 Å². The molecule has 4 nitrogen and oxygen atoms in total. The van der Waals surface area contributed by atoms with Crippen LogP contribution in [0, 0.1) is 0 Å². The van der Waals surface area contributed by atoms with Crippen molar-refractivity contribution in [3.63, 3.8) is 0 Å². The molecule has 0 spiro atoms. The van der Waals surface area contributed by atoms with E-state index in [1.54, 1.807) is 12.4 Å². The fourth-order valence-corrected chi connectivity index (χ4v) is 2.77. The molecule has 0 atom stereocenters. The number of halogens is 1. The van der Waals surface area contributed by atoms with E-state index < -0.39 is 0 Å². The summed E-state index contributed by atoms with van der Waals surface area (Å²) in [7, 11) is 0. The van der Waals surface area contributed by atoms with Crippen molar-refractivity contribution in [3.05, 3.63) is 34.7 Å². The number of nitrogens with zero attached hydrogens (tertiary/aromatic N) is 3. The maximum atomic E-state index is 4.72. The summed E-state index contributed by atoms with van der Waals surface area (Å²) >= 11 is 3.62. The molecule has 2 rings (SSSR count). The van der Waals surface area contributed by atoms with E-state index in [1.165, 1.54) is 0 Å². The second-order valence-corrected chi connectivity index (χ2v) is 6.37. The Morgan fingerprint density at radius 3 is 2.55 bits per heavy atom. The minimum Gasteiger partial charge on any atom is -0.369 e. The van der Waals surface area contributed by atoms with Crippen molar-refractivity contribution < 1.29 is 0 Å². The van der Waals surface area contributed by atoms with Gasteiger partial charge in [0, 0.05) is 29.9 Å².